The first kappa shape index (κ1) is 13.9. The Kier molecular flexibility index (Phi) is 4.07. The smallest absolute Gasteiger partial charge is 0.123 e. The lowest BCUT2D eigenvalue weighted by Gasteiger charge is -2.25. The standard InChI is InChI=1S/C15H24O2/c1-10(2)11-8-14(17-7)12(15(3,4)5)9-13(11)16-6/h8-10H,1-7H3. The highest BCUT2D eigenvalue weighted by molar-refractivity contribution is 5.50. The van der Waals surface area contributed by atoms with Crippen LogP contribution in [0, 0.1) is 0 Å². The van der Waals surface area contributed by atoms with Crippen LogP contribution in [0.5, 0.6) is 11.5 Å². The van der Waals surface area contributed by atoms with Crippen molar-refractivity contribution in [2.24, 2.45) is 0 Å². The van der Waals surface area contributed by atoms with Crippen molar-refractivity contribution in [1.29, 1.82) is 0 Å². The fraction of sp³-hybridized carbons (Fsp3) is 0.600. The predicted octanol–water partition coefficient (Wildman–Crippen LogP) is 4.12. The third-order valence-electron chi connectivity index (χ3n) is 2.98. The van der Waals surface area contributed by atoms with E-state index in [-0.39, 0.29) is 5.41 Å². The number of methoxy groups -OCH3 is 2. The van der Waals surface area contributed by atoms with Crippen molar-refractivity contribution in [3.05, 3.63) is 23.3 Å². The molecule has 0 aliphatic carbocycles. The average Bonchev–Trinajstić information content (AvgIpc) is 2.25. The monoisotopic (exact) mass is 236 g/mol. The van der Waals surface area contributed by atoms with E-state index >= 15 is 0 Å². The topological polar surface area (TPSA) is 18.5 Å². The van der Waals surface area contributed by atoms with Crippen molar-refractivity contribution >= 4 is 0 Å². The van der Waals surface area contributed by atoms with Gasteiger partial charge in [-0.15, -0.1) is 0 Å². The summed E-state index contributed by atoms with van der Waals surface area (Å²) in [6, 6.07) is 4.21. The van der Waals surface area contributed by atoms with Crippen LogP contribution in [0.3, 0.4) is 0 Å². The number of rotatable bonds is 3. The number of ether oxygens (including phenoxy) is 2. The average molecular weight is 236 g/mol. The van der Waals surface area contributed by atoms with Crippen molar-refractivity contribution in [1.82, 2.24) is 0 Å². The van der Waals surface area contributed by atoms with Gasteiger partial charge in [0.2, 0.25) is 0 Å². The minimum absolute atomic E-state index is 0.0497. The molecule has 2 heteroatoms. The molecular formula is C15H24O2. The number of benzene rings is 1. The van der Waals surface area contributed by atoms with Crippen molar-refractivity contribution < 1.29 is 9.47 Å². The highest BCUT2D eigenvalue weighted by Crippen LogP contribution is 2.38. The summed E-state index contributed by atoms with van der Waals surface area (Å²) in [6.07, 6.45) is 0. The predicted molar refractivity (Wildman–Crippen MR) is 72.3 cm³/mol. The summed E-state index contributed by atoms with van der Waals surface area (Å²) in [5, 5.41) is 0. The van der Waals surface area contributed by atoms with E-state index in [4.69, 9.17) is 9.47 Å². The lowest BCUT2D eigenvalue weighted by atomic mass is 9.84. The molecule has 0 bridgehead atoms. The fourth-order valence-corrected chi connectivity index (χ4v) is 1.96. The summed E-state index contributed by atoms with van der Waals surface area (Å²) in [4.78, 5) is 0. The molecule has 0 N–H and O–H groups in total. The molecule has 96 valence electrons. The zero-order valence-corrected chi connectivity index (χ0v) is 12.0. The highest BCUT2D eigenvalue weighted by atomic mass is 16.5. The Balaban J connectivity index is 3.44. The molecule has 1 rings (SSSR count). The maximum absolute atomic E-state index is 5.51. The zero-order valence-electron chi connectivity index (χ0n) is 12.0. The van der Waals surface area contributed by atoms with Gasteiger partial charge in [0.15, 0.2) is 0 Å². The third-order valence-corrected chi connectivity index (χ3v) is 2.98. The lowest BCUT2D eigenvalue weighted by molar-refractivity contribution is 0.383. The van der Waals surface area contributed by atoms with Crippen molar-refractivity contribution in [3.8, 4) is 11.5 Å². The van der Waals surface area contributed by atoms with Gasteiger partial charge in [-0.05, 0) is 23.5 Å². The molecule has 0 fully saturated rings. The SMILES string of the molecule is COc1cc(C(C)(C)C)c(OC)cc1C(C)C. The summed E-state index contributed by atoms with van der Waals surface area (Å²) < 4.78 is 11.0. The molecule has 0 unspecified atom stereocenters. The molecule has 0 spiro atoms. The molecule has 0 amide bonds. The van der Waals surface area contributed by atoms with Gasteiger partial charge in [0.05, 0.1) is 14.2 Å². The molecule has 1 aromatic rings. The van der Waals surface area contributed by atoms with Crippen LogP contribution in [0.4, 0.5) is 0 Å². The molecule has 0 aliphatic rings. The third kappa shape index (κ3) is 2.93. The van der Waals surface area contributed by atoms with Crippen LogP contribution < -0.4 is 9.47 Å². The van der Waals surface area contributed by atoms with E-state index in [1.165, 1.54) is 11.1 Å². The Morgan fingerprint density at radius 3 is 1.82 bits per heavy atom. The second kappa shape index (κ2) is 4.99. The molecule has 0 heterocycles. The second-order valence-electron chi connectivity index (χ2n) is 5.70. The van der Waals surface area contributed by atoms with Crippen molar-refractivity contribution in [2.75, 3.05) is 14.2 Å². The molecule has 17 heavy (non-hydrogen) atoms. The quantitative estimate of drug-likeness (QED) is 0.785. The van der Waals surface area contributed by atoms with E-state index in [9.17, 15) is 0 Å². The van der Waals surface area contributed by atoms with Gasteiger partial charge in [-0.25, -0.2) is 0 Å². The van der Waals surface area contributed by atoms with E-state index in [1.807, 2.05) is 0 Å². The van der Waals surface area contributed by atoms with Gasteiger partial charge >= 0.3 is 0 Å². The normalized spacial score (nSPS) is 11.8. The van der Waals surface area contributed by atoms with Crippen molar-refractivity contribution in [2.45, 2.75) is 46.0 Å². The Bertz CT molecular complexity index is 387. The Hall–Kier alpha value is -1.18. The van der Waals surface area contributed by atoms with Gasteiger partial charge in [0.25, 0.3) is 0 Å². The van der Waals surface area contributed by atoms with Crippen LogP contribution >= 0.6 is 0 Å². The van der Waals surface area contributed by atoms with E-state index in [0.717, 1.165) is 11.5 Å². The summed E-state index contributed by atoms with van der Waals surface area (Å²) >= 11 is 0. The van der Waals surface area contributed by atoms with Crippen LogP contribution in [0.15, 0.2) is 12.1 Å². The molecule has 0 atom stereocenters. The van der Waals surface area contributed by atoms with Crippen LogP contribution in [-0.2, 0) is 5.41 Å². The molecule has 0 aliphatic heterocycles. The van der Waals surface area contributed by atoms with Gasteiger partial charge in [0, 0.05) is 11.1 Å². The lowest BCUT2D eigenvalue weighted by Crippen LogP contribution is -2.14. The maximum atomic E-state index is 5.51. The molecule has 0 aromatic heterocycles. The maximum Gasteiger partial charge on any atom is 0.123 e. The van der Waals surface area contributed by atoms with Crippen LogP contribution in [0.2, 0.25) is 0 Å². The minimum Gasteiger partial charge on any atom is -0.496 e. The first-order chi connectivity index (χ1) is 7.81. The Morgan fingerprint density at radius 2 is 1.47 bits per heavy atom. The summed E-state index contributed by atoms with van der Waals surface area (Å²) in [7, 11) is 3.45. The van der Waals surface area contributed by atoms with Gasteiger partial charge in [0.1, 0.15) is 11.5 Å². The fourth-order valence-electron chi connectivity index (χ4n) is 1.96. The largest absolute Gasteiger partial charge is 0.496 e. The molecule has 0 radical (unpaired) electrons. The second-order valence-corrected chi connectivity index (χ2v) is 5.70. The van der Waals surface area contributed by atoms with E-state index in [0.29, 0.717) is 5.92 Å². The van der Waals surface area contributed by atoms with Crippen molar-refractivity contribution in [3.63, 3.8) is 0 Å². The van der Waals surface area contributed by atoms with Crippen LogP contribution in [0.25, 0.3) is 0 Å². The summed E-state index contributed by atoms with van der Waals surface area (Å²) in [5.74, 6) is 2.32. The van der Waals surface area contributed by atoms with Crippen LogP contribution in [-0.4, -0.2) is 14.2 Å². The number of hydrogen-bond acceptors (Lipinski definition) is 2. The molecular weight excluding hydrogens is 212 g/mol. The van der Waals surface area contributed by atoms with E-state index < -0.39 is 0 Å². The molecule has 0 saturated heterocycles. The van der Waals surface area contributed by atoms with E-state index in [1.54, 1.807) is 14.2 Å². The molecule has 2 nitrogen and oxygen atoms in total. The van der Waals surface area contributed by atoms with Crippen LogP contribution in [0.1, 0.15) is 51.7 Å². The minimum atomic E-state index is 0.0497. The highest BCUT2D eigenvalue weighted by Gasteiger charge is 2.22. The first-order valence-corrected chi connectivity index (χ1v) is 6.07. The van der Waals surface area contributed by atoms with E-state index in [2.05, 4.69) is 46.8 Å². The first-order valence-electron chi connectivity index (χ1n) is 6.07. The van der Waals surface area contributed by atoms with Gasteiger partial charge < -0.3 is 9.47 Å². The van der Waals surface area contributed by atoms with Gasteiger partial charge in [-0.1, -0.05) is 34.6 Å². The summed E-state index contributed by atoms with van der Waals surface area (Å²) in [6.45, 7) is 10.9. The van der Waals surface area contributed by atoms with Gasteiger partial charge in [-0.3, -0.25) is 0 Å². The van der Waals surface area contributed by atoms with Gasteiger partial charge in [-0.2, -0.15) is 0 Å². The molecule has 1 aromatic carbocycles. The molecule has 0 saturated carbocycles. The zero-order chi connectivity index (χ0) is 13.2. The number of hydrogen-bond donors (Lipinski definition) is 0. The Morgan fingerprint density at radius 1 is 0.941 bits per heavy atom. The summed E-state index contributed by atoms with van der Waals surface area (Å²) in [5.41, 5.74) is 2.42. The Labute approximate surface area is 105 Å².